The molecule has 2 heteroatoms. The number of aromatic nitrogens is 1. The second-order valence-electron chi connectivity index (χ2n) is 4.70. The van der Waals surface area contributed by atoms with Crippen molar-refractivity contribution in [1.29, 1.82) is 0 Å². The van der Waals surface area contributed by atoms with Gasteiger partial charge in [-0.15, -0.1) is 0 Å². The van der Waals surface area contributed by atoms with E-state index in [1.54, 1.807) is 6.20 Å². The molecule has 0 saturated carbocycles. The Labute approximate surface area is 90.7 Å². The molecule has 1 aromatic heterocycles. The molecule has 15 heavy (non-hydrogen) atoms. The fourth-order valence-electron chi connectivity index (χ4n) is 2.27. The Morgan fingerprint density at radius 3 is 3.13 bits per heavy atom. The largest absolute Gasteiger partial charge is 0.299 e. The third kappa shape index (κ3) is 2.09. The van der Waals surface area contributed by atoms with Crippen LogP contribution < -0.4 is 0 Å². The molecule has 0 radical (unpaired) electrons. The first-order valence-corrected chi connectivity index (χ1v) is 5.65. The van der Waals surface area contributed by atoms with E-state index in [0.717, 1.165) is 18.5 Å². The maximum Gasteiger partial charge on any atom is 0.142 e. The Kier molecular flexibility index (Phi) is 2.85. The summed E-state index contributed by atoms with van der Waals surface area (Å²) >= 11 is 0. The SMILES string of the molecule is CC(C)CC(=O)C1CCc2cccnc21. The molecule has 0 bridgehead atoms. The van der Waals surface area contributed by atoms with Crippen molar-refractivity contribution in [3.63, 3.8) is 0 Å². The van der Waals surface area contributed by atoms with Crippen molar-refractivity contribution in [3.8, 4) is 0 Å². The minimum Gasteiger partial charge on any atom is -0.299 e. The number of ketones is 1. The number of carbonyl (C=O) groups excluding carboxylic acids is 1. The van der Waals surface area contributed by atoms with Crippen molar-refractivity contribution in [2.45, 2.75) is 39.0 Å². The van der Waals surface area contributed by atoms with Crippen LogP contribution in [0.15, 0.2) is 18.3 Å². The summed E-state index contributed by atoms with van der Waals surface area (Å²) in [7, 11) is 0. The van der Waals surface area contributed by atoms with Gasteiger partial charge in [-0.2, -0.15) is 0 Å². The maximum atomic E-state index is 12.0. The van der Waals surface area contributed by atoms with Gasteiger partial charge in [-0.05, 0) is 30.4 Å². The molecule has 1 aliphatic rings. The van der Waals surface area contributed by atoms with Crippen LogP contribution in [0, 0.1) is 5.92 Å². The van der Waals surface area contributed by atoms with Gasteiger partial charge in [0.2, 0.25) is 0 Å². The Morgan fingerprint density at radius 1 is 1.60 bits per heavy atom. The molecule has 0 amide bonds. The minimum absolute atomic E-state index is 0.0728. The quantitative estimate of drug-likeness (QED) is 0.756. The number of pyridine rings is 1. The first kappa shape index (κ1) is 10.3. The van der Waals surface area contributed by atoms with Crippen molar-refractivity contribution in [1.82, 2.24) is 4.98 Å². The summed E-state index contributed by atoms with van der Waals surface area (Å²) in [6.07, 6.45) is 4.44. The number of Topliss-reactive ketones (excluding diaryl/α,β-unsaturated/α-hetero) is 1. The van der Waals surface area contributed by atoms with Gasteiger partial charge in [0.1, 0.15) is 5.78 Å². The number of rotatable bonds is 3. The summed E-state index contributed by atoms with van der Waals surface area (Å²) in [5.74, 6) is 0.885. The minimum atomic E-state index is 0.0728. The fraction of sp³-hybridized carbons (Fsp3) is 0.538. The van der Waals surface area contributed by atoms with Crippen LogP contribution >= 0.6 is 0 Å². The van der Waals surface area contributed by atoms with Gasteiger partial charge in [0.15, 0.2) is 0 Å². The zero-order valence-electron chi connectivity index (χ0n) is 9.36. The Hall–Kier alpha value is -1.18. The third-order valence-electron chi connectivity index (χ3n) is 2.96. The number of hydrogen-bond acceptors (Lipinski definition) is 2. The molecular formula is C13H17NO. The highest BCUT2D eigenvalue weighted by Crippen LogP contribution is 2.33. The lowest BCUT2D eigenvalue weighted by atomic mass is 9.94. The van der Waals surface area contributed by atoms with Crippen molar-refractivity contribution in [2.75, 3.05) is 0 Å². The van der Waals surface area contributed by atoms with Crippen LogP contribution in [0.1, 0.15) is 43.9 Å². The van der Waals surface area contributed by atoms with Gasteiger partial charge in [-0.3, -0.25) is 9.78 Å². The van der Waals surface area contributed by atoms with E-state index in [2.05, 4.69) is 24.9 Å². The van der Waals surface area contributed by atoms with Gasteiger partial charge >= 0.3 is 0 Å². The van der Waals surface area contributed by atoms with Crippen LogP contribution in [0.3, 0.4) is 0 Å². The molecule has 80 valence electrons. The van der Waals surface area contributed by atoms with Crippen molar-refractivity contribution in [2.24, 2.45) is 5.92 Å². The Balaban J connectivity index is 2.17. The zero-order chi connectivity index (χ0) is 10.8. The molecule has 2 nitrogen and oxygen atoms in total. The number of carbonyl (C=O) groups is 1. The third-order valence-corrected chi connectivity index (χ3v) is 2.96. The van der Waals surface area contributed by atoms with Crippen LogP contribution in [0.25, 0.3) is 0 Å². The Bertz CT molecular complexity index is 371. The predicted octanol–water partition coefficient (Wildman–Crippen LogP) is 2.73. The zero-order valence-corrected chi connectivity index (χ0v) is 9.36. The summed E-state index contributed by atoms with van der Waals surface area (Å²) in [4.78, 5) is 16.3. The monoisotopic (exact) mass is 203 g/mol. The van der Waals surface area contributed by atoms with Crippen LogP contribution in [0.4, 0.5) is 0 Å². The highest BCUT2D eigenvalue weighted by Gasteiger charge is 2.29. The first-order chi connectivity index (χ1) is 7.18. The number of hydrogen-bond donors (Lipinski definition) is 0. The molecule has 0 N–H and O–H groups in total. The molecule has 1 aliphatic carbocycles. The molecule has 0 spiro atoms. The normalized spacial score (nSPS) is 19.3. The van der Waals surface area contributed by atoms with Crippen LogP contribution in [-0.2, 0) is 11.2 Å². The van der Waals surface area contributed by atoms with Crippen LogP contribution in [-0.4, -0.2) is 10.8 Å². The molecule has 1 atom stereocenters. The lowest BCUT2D eigenvalue weighted by Crippen LogP contribution is -2.13. The van der Waals surface area contributed by atoms with E-state index < -0.39 is 0 Å². The van der Waals surface area contributed by atoms with Crippen LogP contribution in [0.5, 0.6) is 0 Å². The second kappa shape index (κ2) is 4.13. The van der Waals surface area contributed by atoms with Crippen molar-refractivity contribution < 1.29 is 4.79 Å². The van der Waals surface area contributed by atoms with Gasteiger partial charge in [0.25, 0.3) is 0 Å². The lowest BCUT2D eigenvalue weighted by molar-refractivity contribution is -0.121. The molecule has 1 aromatic rings. The Morgan fingerprint density at radius 2 is 2.40 bits per heavy atom. The van der Waals surface area contributed by atoms with E-state index >= 15 is 0 Å². The standard InChI is InChI=1S/C13H17NO/c1-9(2)8-12(15)11-6-5-10-4-3-7-14-13(10)11/h3-4,7,9,11H,5-6,8H2,1-2H3. The smallest absolute Gasteiger partial charge is 0.142 e. The summed E-state index contributed by atoms with van der Waals surface area (Å²) in [5, 5.41) is 0. The predicted molar refractivity (Wildman–Crippen MR) is 59.8 cm³/mol. The summed E-state index contributed by atoms with van der Waals surface area (Å²) in [5.41, 5.74) is 2.29. The molecule has 0 saturated heterocycles. The van der Waals surface area contributed by atoms with Crippen LogP contribution in [0.2, 0.25) is 0 Å². The van der Waals surface area contributed by atoms with Gasteiger partial charge in [-0.25, -0.2) is 0 Å². The average Bonchev–Trinajstić information content (AvgIpc) is 2.59. The molecule has 0 aromatic carbocycles. The average molecular weight is 203 g/mol. The number of fused-ring (bicyclic) bond motifs is 1. The summed E-state index contributed by atoms with van der Waals surface area (Å²) in [6, 6.07) is 4.04. The van der Waals surface area contributed by atoms with Gasteiger partial charge in [0, 0.05) is 12.6 Å². The van der Waals surface area contributed by atoms with E-state index in [9.17, 15) is 4.79 Å². The van der Waals surface area contributed by atoms with Gasteiger partial charge < -0.3 is 0 Å². The molecule has 1 heterocycles. The summed E-state index contributed by atoms with van der Waals surface area (Å²) in [6.45, 7) is 4.18. The van der Waals surface area contributed by atoms with E-state index in [1.165, 1.54) is 5.56 Å². The molecular weight excluding hydrogens is 186 g/mol. The fourth-order valence-corrected chi connectivity index (χ4v) is 2.27. The molecule has 1 unspecified atom stereocenters. The van der Waals surface area contributed by atoms with E-state index in [-0.39, 0.29) is 5.92 Å². The maximum absolute atomic E-state index is 12.0. The lowest BCUT2D eigenvalue weighted by Gasteiger charge is -2.10. The van der Waals surface area contributed by atoms with Crippen molar-refractivity contribution >= 4 is 5.78 Å². The molecule has 0 aliphatic heterocycles. The van der Waals surface area contributed by atoms with Gasteiger partial charge in [0.05, 0.1) is 11.6 Å². The number of nitrogens with zero attached hydrogens (tertiary/aromatic N) is 1. The second-order valence-corrected chi connectivity index (χ2v) is 4.70. The van der Waals surface area contributed by atoms with E-state index in [0.29, 0.717) is 18.1 Å². The molecule has 2 rings (SSSR count). The summed E-state index contributed by atoms with van der Waals surface area (Å²) < 4.78 is 0. The first-order valence-electron chi connectivity index (χ1n) is 5.65. The van der Waals surface area contributed by atoms with Crippen molar-refractivity contribution in [3.05, 3.63) is 29.6 Å². The highest BCUT2D eigenvalue weighted by molar-refractivity contribution is 5.86. The highest BCUT2D eigenvalue weighted by atomic mass is 16.1. The van der Waals surface area contributed by atoms with E-state index in [1.807, 2.05) is 6.07 Å². The number of aryl methyl sites for hydroxylation is 1. The molecule has 0 fully saturated rings. The topological polar surface area (TPSA) is 30.0 Å². The van der Waals surface area contributed by atoms with E-state index in [4.69, 9.17) is 0 Å². The van der Waals surface area contributed by atoms with Gasteiger partial charge in [-0.1, -0.05) is 19.9 Å².